The van der Waals surface area contributed by atoms with Crippen LogP contribution in [0.4, 0.5) is 0 Å². The van der Waals surface area contributed by atoms with Gasteiger partial charge in [0.1, 0.15) is 12.1 Å². The number of hydrogen-bond acceptors (Lipinski definition) is 4. The molecule has 0 aromatic rings. The first-order valence-corrected chi connectivity index (χ1v) is 6.14. The van der Waals surface area contributed by atoms with Crippen molar-refractivity contribution in [3.63, 3.8) is 0 Å². The third-order valence-electron chi connectivity index (χ3n) is 3.72. The summed E-state index contributed by atoms with van der Waals surface area (Å²) in [5.74, 6) is -1.29. The molecule has 0 atom stereocenters. The lowest BCUT2D eigenvalue weighted by molar-refractivity contribution is -0.158. The Kier molecular flexibility index (Phi) is 3.81. The molecule has 1 rings (SSSR count). The molecule has 6 nitrogen and oxygen atoms in total. The number of nitrogens with two attached hydrogens (primary N) is 1. The second-order valence-electron chi connectivity index (χ2n) is 5.19. The van der Waals surface area contributed by atoms with Crippen LogP contribution in [-0.2, 0) is 14.4 Å². The summed E-state index contributed by atoms with van der Waals surface area (Å²) >= 11 is 0. The molecule has 1 fully saturated rings. The minimum Gasteiger partial charge on any atom is -0.318 e. The fraction of sp³-hybridized carbons (Fsp3) is 0.750. The van der Waals surface area contributed by atoms with E-state index >= 15 is 0 Å². The zero-order valence-corrected chi connectivity index (χ0v) is 11.4. The largest absolute Gasteiger partial charge is 0.318 e. The predicted octanol–water partition coefficient (Wildman–Crippen LogP) is -0.232. The van der Waals surface area contributed by atoms with Crippen molar-refractivity contribution in [1.82, 2.24) is 10.2 Å². The average Bonchev–Trinajstić information content (AvgIpc) is 2.32. The van der Waals surface area contributed by atoms with Gasteiger partial charge in [0.25, 0.3) is 5.91 Å². The smallest absolute Gasteiger partial charge is 0.252 e. The number of amides is 3. The number of imide groups is 1. The van der Waals surface area contributed by atoms with Gasteiger partial charge in [-0.25, -0.2) is 0 Å². The molecule has 0 aromatic heterocycles. The van der Waals surface area contributed by atoms with Crippen molar-refractivity contribution >= 4 is 17.7 Å². The number of nitrogens with one attached hydrogen (secondary N) is 1. The van der Waals surface area contributed by atoms with E-state index in [-0.39, 0.29) is 12.5 Å². The summed E-state index contributed by atoms with van der Waals surface area (Å²) in [5.41, 5.74) is 3.97. The molecule has 0 bridgehead atoms. The maximum absolute atomic E-state index is 12.5. The number of hydrogen-bond donors (Lipinski definition) is 2. The summed E-state index contributed by atoms with van der Waals surface area (Å²) in [5, 5.41) is 2.23. The number of carbonyl (C=O) groups is 3. The first kappa shape index (κ1) is 14.6. The number of rotatable bonds is 3. The van der Waals surface area contributed by atoms with Crippen LogP contribution in [0, 0.1) is 0 Å². The first-order chi connectivity index (χ1) is 8.19. The predicted molar refractivity (Wildman–Crippen MR) is 66.4 cm³/mol. The molecule has 102 valence electrons. The van der Waals surface area contributed by atoms with Gasteiger partial charge in [-0.05, 0) is 26.7 Å². The van der Waals surface area contributed by atoms with Gasteiger partial charge in [0, 0.05) is 0 Å². The highest BCUT2D eigenvalue weighted by molar-refractivity contribution is 6.07. The van der Waals surface area contributed by atoms with E-state index in [1.807, 2.05) is 13.8 Å². The SMILES string of the molecule is CCC(N)(CC)C(=O)N1CC(=O)NC(=O)C1(C)C. The van der Waals surface area contributed by atoms with Crippen molar-refractivity contribution in [2.24, 2.45) is 5.73 Å². The normalized spacial score (nSPS) is 19.7. The molecule has 0 spiro atoms. The standard InChI is InChI=1S/C12H21N3O3/c1-5-12(13,6-2)10(18)15-7-8(16)14-9(17)11(15,3)4/h5-7,13H2,1-4H3,(H,14,16,17). The van der Waals surface area contributed by atoms with Crippen molar-refractivity contribution in [2.45, 2.75) is 51.6 Å². The molecule has 1 heterocycles. The molecular weight excluding hydrogens is 234 g/mol. The maximum atomic E-state index is 12.5. The summed E-state index contributed by atoms with van der Waals surface area (Å²) in [6.45, 7) is 6.73. The van der Waals surface area contributed by atoms with Crippen LogP contribution in [0.1, 0.15) is 40.5 Å². The van der Waals surface area contributed by atoms with Crippen LogP contribution in [0.25, 0.3) is 0 Å². The maximum Gasteiger partial charge on any atom is 0.252 e. The second kappa shape index (κ2) is 4.68. The van der Waals surface area contributed by atoms with E-state index in [4.69, 9.17) is 5.73 Å². The van der Waals surface area contributed by atoms with Gasteiger partial charge in [0.15, 0.2) is 0 Å². The zero-order valence-electron chi connectivity index (χ0n) is 11.4. The molecule has 0 saturated carbocycles. The molecular formula is C12H21N3O3. The Morgan fingerprint density at radius 2 is 1.89 bits per heavy atom. The highest BCUT2D eigenvalue weighted by atomic mass is 16.2. The molecule has 6 heteroatoms. The summed E-state index contributed by atoms with van der Waals surface area (Å²) in [6, 6.07) is 0. The summed E-state index contributed by atoms with van der Waals surface area (Å²) in [6.07, 6.45) is 0.926. The minimum absolute atomic E-state index is 0.128. The van der Waals surface area contributed by atoms with E-state index < -0.39 is 22.9 Å². The summed E-state index contributed by atoms with van der Waals surface area (Å²) < 4.78 is 0. The Balaban J connectivity index is 3.10. The Morgan fingerprint density at radius 3 is 2.33 bits per heavy atom. The second-order valence-corrected chi connectivity index (χ2v) is 5.19. The van der Waals surface area contributed by atoms with Gasteiger partial charge in [-0.3, -0.25) is 19.7 Å². The summed E-state index contributed by atoms with van der Waals surface area (Å²) in [7, 11) is 0. The van der Waals surface area contributed by atoms with Gasteiger partial charge in [0.05, 0.1) is 5.54 Å². The van der Waals surface area contributed by atoms with E-state index in [1.54, 1.807) is 13.8 Å². The zero-order chi connectivity index (χ0) is 14.1. The van der Waals surface area contributed by atoms with E-state index in [1.165, 1.54) is 4.90 Å². The Morgan fingerprint density at radius 1 is 1.39 bits per heavy atom. The van der Waals surface area contributed by atoms with Crippen molar-refractivity contribution in [2.75, 3.05) is 6.54 Å². The van der Waals surface area contributed by atoms with E-state index in [2.05, 4.69) is 5.32 Å². The number of carbonyl (C=O) groups excluding carboxylic acids is 3. The molecule has 18 heavy (non-hydrogen) atoms. The highest BCUT2D eigenvalue weighted by Crippen LogP contribution is 2.24. The average molecular weight is 255 g/mol. The Labute approximate surface area is 107 Å². The molecule has 3 N–H and O–H groups in total. The lowest BCUT2D eigenvalue weighted by Crippen LogP contribution is -2.69. The lowest BCUT2D eigenvalue weighted by Gasteiger charge is -2.44. The van der Waals surface area contributed by atoms with Crippen LogP contribution in [0.3, 0.4) is 0 Å². The Hall–Kier alpha value is -1.43. The monoisotopic (exact) mass is 255 g/mol. The molecule has 0 unspecified atom stereocenters. The Bertz CT molecular complexity index is 386. The van der Waals surface area contributed by atoms with Gasteiger partial charge >= 0.3 is 0 Å². The third kappa shape index (κ3) is 2.25. The van der Waals surface area contributed by atoms with E-state index in [0.717, 1.165) is 0 Å². The molecule has 0 aliphatic carbocycles. The topological polar surface area (TPSA) is 92.5 Å². The van der Waals surface area contributed by atoms with Gasteiger partial charge in [-0.1, -0.05) is 13.8 Å². The summed E-state index contributed by atoms with van der Waals surface area (Å²) in [4.78, 5) is 36.9. The van der Waals surface area contributed by atoms with Crippen molar-refractivity contribution in [1.29, 1.82) is 0 Å². The van der Waals surface area contributed by atoms with Gasteiger partial charge < -0.3 is 10.6 Å². The third-order valence-corrected chi connectivity index (χ3v) is 3.72. The molecule has 1 aliphatic rings. The van der Waals surface area contributed by atoms with Crippen LogP contribution >= 0.6 is 0 Å². The van der Waals surface area contributed by atoms with Crippen LogP contribution in [0.2, 0.25) is 0 Å². The fourth-order valence-electron chi connectivity index (χ4n) is 1.93. The lowest BCUT2D eigenvalue weighted by atomic mass is 9.88. The van der Waals surface area contributed by atoms with E-state index in [9.17, 15) is 14.4 Å². The van der Waals surface area contributed by atoms with Gasteiger partial charge in [-0.15, -0.1) is 0 Å². The van der Waals surface area contributed by atoms with Crippen molar-refractivity contribution in [3.05, 3.63) is 0 Å². The van der Waals surface area contributed by atoms with Crippen LogP contribution < -0.4 is 11.1 Å². The van der Waals surface area contributed by atoms with Crippen molar-refractivity contribution in [3.8, 4) is 0 Å². The van der Waals surface area contributed by atoms with Gasteiger partial charge in [-0.2, -0.15) is 0 Å². The molecule has 0 aromatic carbocycles. The molecule has 0 radical (unpaired) electrons. The van der Waals surface area contributed by atoms with Crippen LogP contribution in [-0.4, -0.2) is 40.2 Å². The molecule has 1 saturated heterocycles. The molecule has 1 aliphatic heterocycles. The van der Waals surface area contributed by atoms with Crippen LogP contribution in [0.5, 0.6) is 0 Å². The van der Waals surface area contributed by atoms with Crippen molar-refractivity contribution < 1.29 is 14.4 Å². The van der Waals surface area contributed by atoms with E-state index in [0.29, 0.717) is 12.8 Å². The quantitative estimate of drug-likeness (QED) is 0.681. The van der Waals surface area contributed by atoms with Gasteiger partial charge in [0.2, 0.25) is 11.8 Å². The number of piperazine rings is 1. The number of nitrogens with zero attached hydrogens (tertiary/aromatic N) is 1. The fourth-order valence-corrected chi connectivity index (χ4v) is 1.93. The molecule has 3 amide bonds. The van der Waals surface area contributed by atoms with Crippen LogP contribution in [0.15, 0.2) is 0 Å². The highest BCUT2D eigenvalue weighted by Gasteiger charge is 2.47. The minimum atomic E-state index is -1.06. The first-order valence-electron chi connectivity index (χ1n) is 6.14.